The van der Waals surface area contributed by atoms with E-state index in [9.17, 15) is 14.6 Å². The Morgan fingerprint density at radius 1 is 1.04 bits per heavy atom. The van der Waals surface area contributed by atoms with Crippen LogP contribution in [0, 0.1) is 5.82 Å². The van der Waals surface area contributed by atoms with Crippen molar-refractivity contribution < 1.29 is 14.6 Å². The summed E-state index contributed by atoms with van der Waals surface area (Å²) in [5, 5.41) is 18.6. The molecule has 2 N–H and O–H groups in total. The molecule has 0 bridgehead atoms. The molecule has 144 valence electrons. The molecule has 28 heavy (non-hydrogen) atoms. The van der Waals surface area contributed by atoms with Gasteiger partial charge in [-0.05, 0) is 43.9 Å². The first-order valence-corrected chi connectivity index (χ1v) is 9.29. The standard InChI is InChI=1S/C23H23FN2O2/c1-16(27)5-3-2-4-6-17-7-9-18(10-8-17)23-25-14-19(15-26-23)21-12-11-20(28)13-22(21)24/h4,6-16,27-28H,2-3,5H2,1H3/b6-4+. The molecule has 1 atom stereocenters. The Labute approximate surface area is 164 Å². The van der Waals surface area contributed by atoms with Crippen molar-refractivity contribution in [3.63, 3.8) is 0 Å². The van der Waals surface area contributed by atoms with E-state index in [1.54, 1.807) is 19.3 Å². The van der Waals surface area contributed by atoms with Gasteiger partial charge in [0.1, 0.15) is 11.6 Å². The van der Waals surface area contributed by atoms with Crippen molar-refractivity contribution in [2.45, 2.75) is 32.3 Å². The van der Waals surface area contributed by atoms with Gasteiger partial charge in [-0.1, -0.05) is 36.4 Å². The third kappa shape index (κ3) is 5.24. The van der Waals surface area contributed by atoms with E-state index in [1.165, 1.54) is 12.1 Å². The van der Waals surface area contributed by atoms with E-state index in [2.05, 4.69) is 22.1 Å². The summed E-state index contributed by atoms with van der Waals surface area (Å²) in [4.78, 5) is 8.68. The van der Waals surface area contributed by atoms with Gasteiger partial charge in [0, 0.05) is 35.2 Å². The number of phenols is 1. The van der Waals surface area contributed by atoms with E-state index in [0.29, 0.717) is 17.0 Å². The minimum absolute atomic E-state index is 0.115. The van der Waals surface area contributed by atoms with Crippen LogP contribution in [0.3, 0.4) is 0 Å². The maximum atomic E-state index is 14.0. The maximum absolute atomic E-state index is 14.0. The molecular formula is C23H23FN2O2. The van der Waals surface area contributed by atoms with Crippen LogP contribution in [0.15, 0.2) is 60.9 Å². The predicted molar refractivity (Wildman–Crippen MR) is 109 cm³/mol. The zero-order valence-corrected chi connectivity index (χ0v) is 15.7. The van der Waals surface area contributed by atoms with Crippen molar-refractivity contribution in [3.8, 4) is 28.3 Å². The quantitative estimate of drug-likeness (QED) is 0.553. The third-order valence-electron chi connectivity index (χ3n) is 4.39. The molecule has 0 saturated heterocycles. The van der Waals surface area contributed by atoms with E-state index < -0.39 is 5.82 Å². The maximum Gasteiger partial charge on any atom is 0.159 e. The highest BCUT2D eigenvalue weighted by molar-refractivity contribution is 5.65. The number of aromatic hydroxyl groups is 1. The Balaban J connectivity index is 1.66. The van der Waals surface area contributed by atoms with Crippen LogP contribution in [0.25, 0.3) is 28.6 Å². The van der Waals surface area contributed by atoms with E-state index in [4.69, 9.17) is 0 Å². The lowest BCUT2D eigenvalue weighted by Gasteiger charge is -2.05. The summed E-state index contributed by atoms with van der Waals surface area (Å²) in [6.07, 6.45) is 9.79. The summed E-state index contributed by atoms with van der Waals surface area (Å²) in [5.74, 6) is -0.0628. The van der Waals surface area contributed by atoms with Crippen molar-refractivity contribution in [2.75, 3.05) is 0 Å². The molecule has 0 fully saturated rings. The third-order valence-corrected chi connectivity index (χ3v) is 4.39. The number of allylic oxidation sites excluding steroid dienone is 1. The number of rotatable bonds is 7. The molecule has 1 heterocycles. The second-order valence-corrected chi connectivity index (χ2v) is 6.76. The summed E-state index contributed by atoms with van der Waals surface area (Å²) in [7, 11) is 0. The van der Waals surface area contributed by atoms with Crippen LogP contribution in [0.4, 0.5) is 4.39 Å². The van der Waals surface area contributed by atoms with Gasteiger partial charge < -0.3 is 10.2 Å². The number of phenolic OH excluding ortho intramolecular Hbond substituents is 1. The Hall–Kier alpha value is -3.05. The summed E-state index contributed by atoms with van der Waals surface area (Å²) in [6, 6.07) is 11.9. The molecule has 3 aromatic rings. The number of hydrogen-bond donors (Lipinski definition) is 2. The zero-order valence-electron chi connectivity index (χ0n) is 15.7. The molecule has 0 saturated carbocycles. The van der Waals surface area contributed by atoms with E-state index >= 15 is 0 Å². The van der Waals surface area contributed by atoms with Gasteiger partial charge in [-0.15, -0.1) is 0 Å². The molecule has 5 heteroatoms. The van der Waals surface area contributed by atoms with Crippen LogP contribution >= 0.6 is 0 Å². The predicted octanol–water partition coefficient (Wildman–Crippen LogP) is 5.22. The molecule has 3 rings (SSSR count). The molecule has 2 aromatic carbocycles. The summed E-state index contributed by atoms with van der Waals surface area (Å²) in [5.41, 5.74) is 2.87. The zero-order chi connectivity index (χ0) is 19.9. The molecule has 0 spiro atoms. The van der Waals surface area contributed by atoms with E-state index in [1.807, 2.05) is 24.3 Å². The SMILES string of the molecule is CC(O)CCC/C=C/c1ccc(-c2ncc(-c3ccc(O)cc3F)cn2)cc1. The number of unbranched alkanes of at least 4 members (excludes halogenated alkanes) is 1. The minimum atomic E-state index is -0.513. The summed E-state index contributed by atoms with van der Waals surface area (Å²) < 4.78 is 14.0. The van der Waals surface area contributed by atoms with Crippen LogP contribution in [-0.4, -0.2) is 26.3 Å². The Bertz CT molecular complexity index is 936. The smallest absolute Gasteiger partial charge is 0.159 e. The molecule has 1 unspecified atom stereocenters. The average molecular weight is 378 g/mol. The molecule has 0 radical (unpaired) electrons. The Morgan fingerprint density at radius 3 is 2.39 bits per heavy atom. The highest BCUT2D eigenvalue weighted by atomic mass is 19.1. The fourth-order valence-electron chi connectivity index (χ4n) is 2.85. The lowest BCUT2D eigenvalue weighted by molar-refractivity contribution is 0.182. The molecule has 0 aliphatic rings. The number of halogens is 1. The average Bonchev–Trinajstić information content (AvgIpc) is 2.68. The minimum Gasteiger partial charge on any atom is -0.508 e. The molecule has 0 aliphatic carbocycles. The molecule has 4 nitrogen and oxygen atoms in total. The molecule has 0 aliphatic heterocycles. The largest absolute Gasteiger partial charge is 0.508 e. The number of benzene rings is 2. The number of aliphatic hydroxyl groups is 1. The van der Waals surface area contributed by atoms with Crippen molar-refractivity contribution >= 4 is 6.08 Å². The second-order valence-electron chi connectivity index (χ2n) is 6.76. The fourth-order valence-corrected chi connectivity index (χ4v) is 2.85. The van der Waals surface area contributed by atoms with Crippen molar-refractivity contribution in [2.24, 2.45) is 0 Å². The van der Waals surface area contributed by atoms with Crippen molar-refractivity contribution in [3.05, 3.63) is 72.3 Å². The Kier molecular flexibility index (Phi) is 6.50. The number of aromatic nitrogens is 2. The van der Waals surface area contributed by atoms with Crippen LogP contribution < -0.4 is 0 Å². The topological polar surface area (TPSA) is 66.2 Å². The normalized spacial score (nSPS) is 12.4. The van der Waals surface area contributed by atoms with Gasteiger partial charge >= 0.3 is 0 Å². The molecule has 1 aromatic heterocycles. The van der Waals surface area contributed by atoms with Crippen LogP contribution in [0.5, 0.6) is 5.75 Å². The number of aliphatic hydroxyl groups excluding tert-OH is 1. The van der Waals surface area contributed by atoms with Gasteiger partial charge in [-0.2, -0.15) is 0 Å². The second kappa shape index (κ2) is 9.24. The van der Waals surface area contributed by atoms with Crippen LogP contribution in [0.2, 0.25) is 0 Å². The van der Waals surface area contributed by atoms with Crippen LogP contribution in [-0.2, 0) is 0 Å². The van der Waals surface area contributed by atoms with Gasteiger partial charge in [0.15, 0.2) is 5.82 Å². The Morgan fingerprint density at radius 2 is 1.75 bits per heavy atom. The summed E-state index contributed by atoms with van der Waals surface area (Å²) >= 11 is 0. The first-order chi connectivity index (χ1) is 13.5. The van der Waals surface area contributed by atoms with Gasteiger partial charge in [-0.3, -0.25) is 0 Å². The molecular weight excluding hydrogens is 355 g/mol. The number of nitrogens with zero attached hydrogens (tertiary/aromatic N) is 2. The lowest BCUT2D eigenvalue weighted by Crippen LogP contribution is -1.97. The van der Waals surface area contributed by atoms with Gasteiger partial charge in [0.05, 0.1) is 6.10 Å². The van der Waals surface area contributed by atoms with Crippen LogP contribution in [0.1, 0.15) is 31.7 Å². The molecule has 0 amide bonds. The highest BCUT2D eigenvalue weighted by Crippen LogP contribution is 2.26. The highest BCUT2D eigenvalue weighted by Gasteiger charge is 2.08. The van der Waals surface area contributed by atoms with Gasteiger partial charge in [0.2, 0.25) is 0 Å². The lowest BCUT2D eigenvalue weighted by atomic mass is 10.1. The number of hydrogen-bond acceptors (Lipinski definition) is 4. The van der Waals surface area contributed by atoms with Crippen molar-refractivity contribution in [1.29, 1.82) is 0 Å². The first-order valence-electron chi connectivity index (χ1n) is 9.29. The monoisotopic (exact) mass is 378 g/mol. The van der Waals surface area contributed by atoms with E-state index in [0.717, 1.165) is 36.5 Å². The summed E-state index contributed by atoms with van der Waals surface area (Å²) in [6.45, 7) is 1.80. The van der Waals surface area contributed by atoms with Gasteiger partial charge in [-0.25, -0.2) is 14.4 Å². The van der Waals surface area contributed by atoms with E-state index in [-0.39, 0.29) is 11.9 Å². The first kappa shape index (κ1) is 19.7. The fraction of sp³-hybridized carbons (Fsp3) is 0.217. The van der Waals surface area contributed by atoms with Gasteiger partial charge in [0.25, 0.3) is 0 Å². The van der Waals surface area contributed by atoms with Crippen molar-refractivity contribution in [1.82, 2.24) is 9.97 Å².